The normalized spacial score (nSPS) is 29.7. The Hall–Kier alpha value is -3.23. The van der Waals surface area contributed by atoms with Crippen molar-refractivity contribution >= 4 is 17.9 Å². The number of carboxylic acids is 1. The number of aromatic carboxylic acids is 1. The quantitative estimate of drug-likeness (QED) is 0.648. The van der Waals surface area contributed by atoms with Crippen molar-refractivity contribution in [2.75, 3.05) is 0 Å². The van der Waals surface area contributed by atoms with Crippen molar-refractivity contribution in [2.45, 2.75) is 29.8 Å². The van der Waals surface area contributed by atoms with E-state index in [0.717, 1.165) is 0 Å². The Labute approximate surface area is 158 Å². The minimum atomic E-state index is -1.88. The van der Waals surface area contributed by atoms with E-state index in [1.165, 1.54) is 24.3 Å². The number of hydrogen-bond acceptors (Lipinski definition) is 7. The third kappa shape index (κ3) is 2.49. The van der Waals surface area contributed by atoms with Gasteiger partial charge in [-0.2, -0.15) is 0 Å². The van der Waals surface area contributed by atoms with Gasteiger partial charge in [0.1, 0.15) is 0 Å². The third-order valence-corrected chi connectivity index (χ3v) is 5.22. The van der Waals surface area contributed by atoms with Crippen LogP contribution in [-0.4, -0.2) is 57.1 Å². The molecule has 0 radical (unpaired) electrons. The van der Waals surface area contributed by atoms with Crippen LogP contribution in [0.2, 0.25) is 0 Å². The van der Waals surface area contributed by atoms with Gasteiger partial charge in [-0.15, -0.1) is 0 Å². The van der Waals surface area contributed by atoms with Gasteiger partial charge in [0.15, 0.2) is 23.9 Å². The maximum Gasteiger partial charge on any atom is 0.339 e. The van der Waals surface area contributed by atoms with E-state index in [1.54, 1.807) is 30.3 Å². The lowest BCUT2D eigenvalue weighted by atomic mass is 9.72. The Kier molecular flexibility index (Phi) is 4.17. The number of rotatable bonds is 4. The first-order valence-corrected chi connectivity index (χ1v) is 8.54. The maximum atomic E-state index is 12.1. The van der Waals surface area contributed by atoms with Crippen molar-refractivity contribution in [3.8, 4) is 0 Å². The minimum absolute atomic E-state index is 0.0485. The van der Waals surface area contributed by atoms with E-state index in [1.807, 2.05) is 0 Å². The predicted molar refractivity (Wildman–Crippen MR) is 92.4 cm³/mol. The zero-order valence-corrected chi connectivity index (χ0v) is 14.4. The largest absolute Gasteiger partial charge is 0.478 e. The molecule has 2 fully saturated rings. The fourth-order valence-corrected chi connectivity index (χ4v) is 3.96. The summed E-state index contributed by atoms with van der Waals surface area (Å²) in [6.07, 6.45) is -4.94. The summed E-state index contributed by atoms with van der Waals surface area (Å²) >= 11 is 0. The van der Waals surface area contributed by atoms with Crippen molar-refractivity contribution in [1.29, 1.82) is 0 Å². The van der Waals surface area contributed by atoms with Gasteiger partial charge in [0.2, 0.25) is 0 Å². The van der Waals surface area contributed by atoms with Gasteiger partial charge in [-0.3, -0.25) is 0 Å². The zero-order valence-electron chi connectivity index (χ0n) is 14.4. The molecule has 28 heavy (non-hydrogen) atoms. The number of carbonyl (C=O) groups is 3. The fourth-order valence-electron chi connectivity index (χ4n) is 3.96. The molecule has 0 spiro atoms. The molecular weight excluding hydrogens is 368 g/mol. The number of carboxylic acid groups (broad SMARTS) is 1. The average molecular weight is 384 g/mol. The molecule has 144 valence electrons. The highest BCUT2D eigenvalue weighted by molar-refractivity contribution is 5.89. The number of aliphatic hydroxyl groups is 2. The highest BCUT2D eigenvalue weighted by atomic mass is 16.7. The summed E-state index contributed by atoms with van der Waals surface area (Å²) in [6.45, 7) is 0. The highest BCUT2D eigenvalue weighted by Crippen LogP contribution is 2.51. The molecule has 2 heterocycles. The Morgan fingerprint density at radius 1 is 0.929 bits per heavy atom. The van der Waals surface area contributed by atoms with Crippen LogP contribution in [-0.2, 0) is 19.1 Å². The van der Waals surface area contributed by atoms with E-state index in [4.69, 9.17) is 14.6 Å². The van der Waals surface area contributed by atoms with Crippen molar-refractivity contribution in [3.05, 3.63) is 71.3 Å². The molecule has 2 aromatic rings. The summed E-state index contributed by atoms with van der Waals surface area (Å²) in [5, 5.41) is 30.0. The molecule has 4 rings (SSSR count). The van der Waals surface area contributed by atoms with Gasteiger partial charge in [-0.25, -0.2) is 14.4 Å². The molecule has 8 nitrogen and oxygen atoms in total. The Morgan fingerprint density at radius 2 is 1.54 bits per heavy atom. The van der Waals surface area contributed by atoms with Gasteiger partial charge in [0.05, 0.1) is 11.5 Å². The standard InChI is InChI=1S/C20H16O8/c21-14-16-20(28-18(14)25,15(22)19(26)27-16)13(10-4-2-1-3-5-10)11-6-8-12(9-7-11)17(23)24/h1-9,13-16,21-22H,(H,23,24)/t13?,14-,15+,16+,20+/m1/s1. The van der Waals surface area contributed by atoms with Gasteiger partial charge in [-0.05, 0) is 23.3 Å². The molecule has 0 aromatic heterocycles. The number of esters is 2. The molecule has 0 aliphatic carbocycles. The smallest absolute Gasteiger partial charge is 0.339 e. The second kappa shape index (κ2) is 6.43. The van der Waals surface area contributed by atoms with E-state index in [9.17, 15) is 24.6 Å². The Bertz CT molecular complexity index is 936. The molecule has 5 atom stereocenters. The Morgan fingerprint density at radius 3 is 2.14 bits per heavy atom. The number of aliphatic hydroxyl groups excluding tert-OH is 2. The zero-order chi connectivity index (χ0) is 20.1. The van der Waals surface area contributed by atoms with Crippen LogP contribution in [0.1, 0.15) is 27.4 Å². The number of benzene rings is 2. The van der Waals surface area contributed by atoms with Crippen LogP contribution in [0, 0.1) is 0 Å². The summed E-state index contributed by atoms with van der Waals surface area (Å²) in [5.41, 5.74) is -0.748. The van der Waals surface area contributed by atoms with E-state index < -0.39 is 47.7 Å². The summed E-state index contributed by atoms with van der Waals surface area (Å²) in [4.78, 5) is 35.4. The van der Waals surface area contributed by atoms with E-state index in [-0.39, 0.29) is 5.56 Å². The lowest BCUT2D eigenvalue weighted by Crippen LogP contribution is -2.52. The number of ether oxygens (including phenoxy) is 2. The first-order chi connectivity index (χ1) is 13.4. The first kappa shape index (κ1) is 18.1. The summed E-state index contributed by atoms with van der Waals surface area (Å²) < 4.78 is 10.5. The predicted octanol–water partition coefficient (Wildman–Crippen LogP) is 0.459. The van der Waals surface area contributed by atoms with E-state index >= 15 is 0 Å². The van der Waals surface area contributed by atoms with Gasteiger partial charge < -0.3 is 24.8 Å². The lowest BCUT2D eigenvalue weighted by molar-refractivity contribution is -0.165. The van der Waals surface area contributed by atoms with Gasteiger partial charge in [0.25, 0.3) is 0 Å². The first-order valence-electron chi connectivity index (χ1n) is 8.54. The molecule has 2 aliphatic heterocycles. The lowest BCUT2D eigenvalue weighted by Gasteiger charge is -2.36. The third-order valence-electron chi connectivity index (χ3n) is 5.22. The van der Waals surface area contributed by atoms with Crippen LogP contribution >= 0.6 is 0 Å². The average Bonchev–Trinajstić information content (AvgIpc) is 3.08. The number of carbonyl (C=O) groups excluding carboxylic acids is 2. The van der Waals surface area contributed by atoms with Crippen molar-refractivity contribution in [3.63, 3.8) is 0 Å². The van der Waals surface area contributed by atoms with Crippen LogP contribution in [0.5, 0.6) is 0 Å². The molecule has 0 bridgehead atoms. The topological polar surface area (TPSA) is 130 Å². The summed E-state index contributed by atoms with van der Waals surface area (Å²) in [7, 11) is 0. The monoisotopic (exact) mass is 384 g/mol. The number of hydrogen-bond donors (Lipinski definition) is 3. The van der Waals surface area contributed by atoms with Crippen LogP contribution in [0.25, 0.3) is 0 Å². The summed E-state index contributed by atoms with van der Waals surface area (Å²) in [5.74, 6) is -4.00. The second-order valence-electron chi connectivity index (χ2n) is 6.75. The molecule has 0 amide bonds. The van der Waals surface area contributed by atoms with Gasteiger partial charge in [-0.1, -0.05) is 42.5 Å². The van der Waals surface area contributed by atoms with Crippen LogP contribution < -0.4 is 0 Å². The molecule has 3 N–H and O–H groups in total. The van der Waals surface area contributed by atoms with Crippen LogP contribution in [0.15, 0.2) is 54.6 Å². The second-order valence-corrected chi connectivity index (χ2v) is 6.75. The Balaban J connectivity index is 1.92. The molecule has 2 saturated heterocycles. The molecule has 2 aliphatic rings. The van der Waals surface area contributed by atoms with E-state index in [0.29, 0.717) is 11.1 Å². The molecule has 2 aromatic carbocycles. The van der Waals surface area contributed by atoms with Gasteiger partial charge >= 0.3 is 17.9 Å². The van der Waals surface area contributed by atoms with Crippen molar-refractivity contribution in [2.24, 2.45) is 0 Å². The van der Waals surface area contributed by atoms with Crippen molar-refractivity contribution in [1.82, 2.24) is 0 Å². The van der Waals surface area contributed by atoms with E-state index in [2.05, 4.69) is 0 Å². The fraction of sp³-hybridized carbons (Fsp3) is 0.250. The van der Waals surface area contributed by atoms with Crippen LogP contribution in [0.4, 0.5) is 0 Å². The number of fused-ring (bicyclic) bond motifs is 1. The maximum absolute atomic E-state index is 12.1. The van der Waals surface area contributed by atoms with Gasteiger partial charge in [0, 0.05) is 0 Å². The highest BCUT2D eigenvalue weighted by Gasteiger charge is 2.72. The van der Waals surface area contributed by atoms with Crippen LogP contribution in [0.3, 0.4) is 0 Å². The summed E-state index contributed by atoms with van der Waals surface area (Å²) in [6, 6.07) is 14.4. The molecular formula is C20H16O8. The minimum Gasteiger partial charge on any atom is -0.478 e. The molecule has 0 saturated carbocycles. The SMILES string of the molecule is O=C(O)c1ccc(C(c2ccccc2)[C@@]23OC(=O)[C@H](O)[C@@H]2OC(=O)[C@@H]3O)cc1. The molecule has 8 heteroatoms. The van der Waals surface area contributed by atoms with Crippen molar-refractivity contribution < 1.29 is 39.2 Å². The molecule has 1 unspecified atom stereocenters.